The fraction of sp³-hybridized carbons (Fsp3) is 0.500. The van der Waals surface area contributed by atoms with Gasteiger partial charge >= 0.3 is 12.4 Å². The van der Waals surface area contributed by atoms with Crippen molar-refractivity contribution in [3.63, 3.8) is 0 Å². The van der Waals surface area contributed by atoms with Gasteiger partial charge in [-0.1, -0.05) is 0 Å². The summed E-state index contributed by atoms with van der Waals surface area (Å²) in [4.78, 5) is 0. The highest BCUT2D eigenvalue weighted by atomic mass is 19.4. The molecular weight excluding hydrogens is 306 g/mol. The van der Waals surface area contributed by atoms with Gasteiger partial charge in [0.15, 0.2) is 5.92 Å². The van der Waals surface area contributed by atoms with Gasteiger partial charge in [0.2, 0.25) is 0 Å². The average molecular weight is 318 g/mol. The molecule has 0 saturated carbocycles. The molecule has 1 aromatic carbocycles. The number of benzene rings is 1. The highest BCUT2D eigenvalue weighted by Gasteiger charge is 2.60. The van der Waals surface area contributed by atoms with E-state index in [0.717, 1.165) is 25.3 Å². The average Bonchev–Trinajstić information content (AvgIpc) is 2.34. The van der Waals surface area contributed by atoms with Gasteiger partial charge in [0.05, 0.1) is 14.2 Å². The summed E-state index contributed by atoms with van der Waals surface area (Å²) in [5.74, 6) is -4.08. The van der Waals surface area contributed by atoms with Crippen molar-refractivity contribution in [2.45, 2.75) is 18.5 Å². The summed E-state index contributed by atoms with van der Waals surface area (Å²) < 4.78 is 85.0. The lowest BCUT2D eigenvalue weighted by atomic mass is 9.93. The maximum Gasteiger partial charge on any atom is 0.403 e. The zero-order chi connectivity index (χ0) is 16.4. The standard InChI is InChI=1S/C12H12F6O3/c1-20-6-3-4-7(8(5-6)21-2)9(19)10(11(13,14)15)12(16,17)18/h3-5,9-10,19H,1-2H3. The minimum atomic E-state index is -5.65. The van der Waals surface area contributed by atoms with Gasteiger partial charge in [0.1, 0.15) is 17.6 Å². The van der Waals surface area contributed by atoms with Gasteiger partial charge in [0, 0.05) is 11.6 Å². The summed E-state index contributed by atoms with van der Waals surface area (Å²) >= 11 is 0. The second-order valence-electron chi connectivity index (χ2n) is 4.11. The monoisotopic (exact) mass is 318 g/mol. The Hall–Kier alpha value is -1.64. The first-order chi connectivity index (χ1) is 9.52. The van der Waals surface area contributed by atoms with Crippen molar-refractivity contribution in [2.24, 2.45) is 5.92 Å². The molecule has 0 aliphatic heterocycles. The van der Waals surface area contributed by atoms with E-state index in [1.807, 2.05) is 0 Å². The van der Waals surface area contributed by atoms with Crippen LogP contribution >= 0.6 is 0 Å². The quantitative estimate of drug-likeness (QED) is 0.864. The number of ether oxygens (including phenoxy) is 2. The maximum absolute atomic E-state index is 12.6. The molecule has 1 atom stereocenters. The smallest absolute Gasteiger partial charge is 0.403 e. The molecule has 1 unspecified atom stereocenters. The third kappa shape index (κ3) is 3.93. The van der Waals surface area contributed by atoms with E-state index in [1.54, 1.807) is 0 Å². The van der Waals surface area contributed by atoms with Crippen molar-refractivity contribution >= 4 is 0 Å². The van der Waals surface area contributed by atoms with Crippen LogP contribution < -0.4 is 9.47 Å². The van der Waals surface area contributed by atoms with Crippen LogP contribution in [0.25, 0.3) is 0 Å². The first kappa shape index (κ1) is 17.4. The fourth-order valence-electron chi connectivity index (χ4n) is 1.79. The van der Waals surface area contributed by atoms with Gasteiger partial charge in [-0.05, 0) is 12.1 Å². The topological polar surface area (TPSA) is 38.7 Å². The molecule has 0 aliphatic carbocycles. The lowest BCUT2D eigenvalue weighted by molar-refractivity contribution is -0.307. The minimum Gasteiger partial charge on any atom is -0.497 e. The lowest BCUT2D eigenvalue weighted by Crippen LogP contribution is -2.41. The van der Waals surface area contributed by atoms with Crippen LogP contribution in [0.3, 0.4) is 0 Å². The first-order valence-electron chi connectivity index (χ1n) is 5.55. The summed E-state index contributed by atoms with van der Waals surface area (Å²) in [6.45, 7) is 0. The SMILES string of the molecule is COc1ccc(C(O)C(C(F)(F)F)C(F)(F)F)c(OC)c1. The molecule has 0 heterocycles. The van der Waals surface area contributed by atoms with Crippen molar-refractivity contribution in [1.82, 2.24) is 0 Å². The Labute approximate surface area is 116 Å². The highest BCUT2D eigenvalue weighted by Crippen LogP contribution is 2.48. The second kappa shape index (κ2) is 6.00. The summed E-state index contributed by atoms with van der Waals surface area (Å²) in [5, 5.41) is 9.57. The van der Waals surface area contributed by atoms with Gasteiger partial charge in [-0.2, -0.15) is 26.3 Å². The van der Waals surface area contributed by atoms with Gasteiger partial charge < -0.3 is 14.6 Å². The van der Waals surface area contributed by atoms with E-state index in [0.29, 0.717) is 0 Å². The summed E-state index contributed by atoms with van der Waals surface area (Å²) in [7, 11) is 2.32. The van der Waals surface area contributed by atoms with Crippen LogP contribution in [0.4, 0.5) is 26.3 Å². The predicted octanol–water partition coefficient (Wildman–Crippen LogP) is 3.48. The van der Waals surface area contributed by atoms with E-state index in [-0.39, 0.29) is 11.5 Å². The van der Waals surface area contributed by atoms with Crippen LogP contribution in [0.1, 0.15) is 11.7 Å². The molecule has 0 radical (unpaired) electrons. The third-order valence-corrected chi connectivity index (χ3v) is 2.78. The van der Waals surface area contributed by atoms with Crippen LogP contribution in [0.2, 0.25) is 0 Å². The molecule has 0 aromatic heterocycles. The molecule has 120 valence electrons. The van der Waals surface area contributed by atoms with E-state index < -0.39 is 29.9 Å². The van der Waals surface area contributed by atoms with Crippen molar-refractivity contribution in [1.29, 1.82) is 0 Å². The number of hydrogen-bond acceptors (Lipinski definition) is 3. The summed E-state index contributed by atoms with van der Waals surface area (Å²) in [6, 6.07) is 3.11. The van der Waals surface area contributed by atoms with Crippen LogP contribution in [0.15, 0.2) is 18.2 Å². The molecule has 0 bridgehead atoms. The van der Waals surface area contributed by atoms with Crippen LogP contribution in [-0.2, 0) is 0 Å². The molecule has 0 fully saturated rings. The number of halogens is 6. The van der Waals surface area contributed by atoms with E-state index >= 15 is 0 Å². The number of aliphatic hydroxyl groups excluding tert-OH is 1. The molecule has 1 rings (SSSR count). The number of alkyl halides is 6. The largest absolute Gasteiger partial charge is 0.497 e. The Morgan fingerprint density at radius 3 is 1.86 bits per heavy atom. The van der Waals surface area contributed by atoms with Crippen molar-refractivity contribution < 1.29 is 40.9 Å². The molecule has 0 saturated heterocycles. The number of rotatable bonds is 4. The van der Waals surface area contributed by atoms with E-state index in [1.165, 1.54) is 7.11 Å². The number of aliphatic hydroxyl groups is 1. The molecular formula is C12H12F6O3. The zero-order valence-corrected chi connectivity index (χ0v) is 10.9. The van der Waals surface area contributed by atoms with Crippen LogP contribution in [-0.4, -0.2) is 31.7 Å². The van der Waals surface area contributed by atoms with E-state index in [2.05, 4.69) is 0 Å². The van der Waals surface area contributed by atoms with Crippen LogP contribution in [0.5, 0.6) is 11.5 Å². The molecule has 0 amide bonds. The van der Waals surface area contributed by atoms with Crippen molar-refractivity contribution in [3.8, 4) is 11.5 Å². The summed E-state index contributed by atoms with van der Waals surface area (Å²) in [6.07, 6.45) is -14.1. The molecule has 9 heteroatoms. The van der Waals surface area contributed by atoms with E-state index in [4.69, 9.17) is 9.47 Å². The Morgan fingerprint density at radius 2 is 1.48 bits per heavy atom. The van der Waals surface area contributed by atoms with Gasteiger partial charge in [-0.25, -0.2) is 0 Å². The Morgan fingerprint density at radius 1 is 0.952 bits per heavy atom. The normalized spacial score (nSPS) is 14.2. The van der Waals surface area contributed by atoms with Crippen molar-refractivity contribution in [3.05, 3.63) is 23.8 Å². The van der Waals surface area contributed by atoms with Gasteiger partial charge in [-0.15, -0.1) is 0 Å². The Balaban J connectivity index is 3.30. The predicted molar refractivity (Wildman–Crippen MR) is 60.1 cm³/mol. The lowest BCUT2D eigenvalue weighted by Gasteiger charge is -2.28. The second-order valence-corrected chi connectivity index (χ2v) is 4.11. The van der Waals surface area contributed by atoms with Gasteiger partial charge in [-0.3, -0.25) is 0 Å². The minimum absolute atomic E-state index is 0.165. The fourth-order valence-corrected chi connectivity index (χ4v) is 1.79. The third-order valence-electron chi connectivity index (χ3n) is 2.78. The summed E-state index contributed by atoms with van der Waals surface area (Å²) in [5.41, 5.74) is -0.627. The molecule has 1 aromatic rings. The van der Waals surface area contributed by atoms with Crippen molar-refractivity contribution in [2.75, 3.05) is 14.2 Å². The maximum atomic E-state index is 12.6. The Kier molecular flexibility index (Phi) is 4.98. The number of hydrogen-bond donors (Lipinski definition) is 1. The molecule has 1 N–H and O–H groups in total. The van der Waals surface area contributed by atoms with E-state index in [9.17, 15) is 31.4 Å². The number of methoxy groups -OCH3 is 2. The molecule has 0 aliphatic rings. The van der Waals surface area contributed by atoms with Crippen LogP contribution in [0, 0.1) is 5.92 Å². The molecule has 0 spiro atoms. The van der Waals surface area contributed by atoms with Gasteiger partial charge in [0.25, 0.3) is 0 Å². The molecule has 3 nitrogen and oxygen atoms in total. The Bertz CT molecular complexity index is 469. The zero-order valence-electron chi connectivity index (χ0n) is 10.9. The molecule has 21 heavy (non-hydrogen) atoms. The highest BCUT2D eigenvalue weighted by molar-refractivity contribution is 5.42. The first-order valence-corrected chi connectivity index (χ1v) is 5.55.